The molecule has 4 rings (SSSR count). The van der Waals surface area contributed by atoms with Crippen molar-refractivity contribution in [2.75, 3.05) is 7.05 Å². The largest absolute Gasteiger partial charge is 0.340 e. The van der Waals surface area contributed by atoms with Crippen LogP contribution in [0.3, 0.4) is 0 Å². The third kappa shape index (κ3) is 4.53. The smallest absolute Gasteiger partial charge is 0.223 e. The monoisotopic (exact) mass is 389 g/mol. The summed E-state index contributed by atoms with van der Waals surface area (Å²) in [5.74, 6) is -0.00622. The van der Waals surface area contributed by atoms with Crippen LogP contribution in [0.5, 0.6) is 0 Å². The van der Waals surface area contributed by atoms with Gasteiger partial charge in [-0.25, -0.2) is 0 Å². The van der Waals surface area contributed by atoms with Gasteiger partial charge in [-0.2, -0.15) is 5.10 Å². The van der Waals surface area contributed by atoms with Gasteiger partial charge in [0.2, 0.25) is 5.91 Å². The van der Waals surface area contributed by atoms with E-state index in [0.717, 1.165) is 29.8 Å². The molecule has 1 aliphatic rings. The summed E-state index contributed by atoms with van der Waals surface area (Å²) in [6, 6.07) is 9.75. The second kappa shape index (κ2) is 8.99. The minimum Gasteiger partial charge on any atom is -0.340 e. The number of rotatable bonds is 6. The van der Waals surface area contributed by atoms with Crippen LogP contribution in [0.25, 0.3) is 0 Å². The highest BCUT2D eigenvalue weighted by Crippen LogP contribution is 2.27. The number of carbonyl (C=O) groups excluding carboxylic acids is 1. The third-order valence-corrected chi connectivity index (χ3v) is 5.74. The summed E-state index contributed by atoms with van der Waals surface area (Å²) in [5, 5.41) is 7.72. The molecule has 0 aliphatic heterocycles. The molecule has 0 spiro atoms. The molecule has 1 aliphatic carbocycles. The number of nitrogens with zero attached hydrogens (tertiary/aromatic N) is 4. The zero-order valence-electron chi connectivity index (χ0n) is 16.8. The molecule has 29 heavy (non-hydrogen) atoms. The molecular formula is C23H27N5O. The summed E-state index contributed by atoms with van der Waals surface area (Å²) in [6.45, 7) is 0.538. The van der Waals surface area contributed by atoms with Crippen LogP contribution in [0.15, 0.2) is 48.9 Å². The number of aryl methyl sites for hydroxylation is 1. The van der Waals surface area contributed by atoms with Gasteiger partial charge < -0.3 is 4.90 Å². The molecule has 3 heterocycles. The summed E-state index contributed by atoms with van der Waals surface area (Å²) < 4.78 is 0. The van der Waals surface area contributed by atoms with Crippen molar-refractivity contribution in [2.45, 2.75) is 51.0 Å². The van der Waals surface area contributed by atoms with Crippen LogP contribution in [0, 0.1) is 0 Å². The molecule has 0 radical (unpaired) electrons. The number of nitrogens with one attached hydrogen (secondary N) is 1. The fraction of sp³-hybridized carbons (Fsp3) is 0.391. The molecule has 3 aromatic rings. The Labute approximate surface area is 171 Å². The Balaban J connectivity index is 1.50. The lowest BCUT2D eigenvalue weighted by molar-refractivity contribution is -0.130. The lowest BCUT2D eigenvalue weighted by Gasteiger charge is -2.21. The molecular weight excluding hydrogens is 362 g/mol. The Bertz CT molecular complexity index is 899. The molecule has 0 unspecified atom stereocenters. The SMILES string of the molecule is CN(Cc1n[nH]c2c1CCCCC2)C(=O)C[C@H](c1ccncc1)c1ccccn1. The van der Waals surface area contributed by atoms with Crippen molar-refractivity contribution in [3.05, 3.63) is 77.1 Å². The zero-order valence-corrected chi connectivity index (χ0v) is 16.8. The summed E-state index contributed by atoms with van der Waals surface area (Å²) in [6.07, 6.45) is 11.4. The highest BCUT2D eigenvalue weighted by Gasteiger charge is 2.23. The predicted octanol–water partition coefficient (Wildman–Crippen LogP) is 3.65. The molecule has 3 aromatic heterocycles. The third-order valence-electron chi connectivity index (χ3n) is 5.74. The van der Waals surface area contributed by atoms with Crippen molar-refractivity contribution in [2.24, 2.45) is 0 Å². The van der Waals surface area contributed by atoms with Gasteiger partial charge in [-0.1, -0.05) is 12.5 Å². The molecule has 1 amide bonds. The summed E-state index contributed by atoms with van der Waals surface area (Å²) in [5.41, 5.74) is 5.53. The molecule has 0 fully saturated rings. The summed E-state index contributed by atoms with van der Waals surface area (Å²) in [7, 11) is 1.86. The molecule has 0 saturated carbocycles. The maximum atomic E-state index is 13.1. The maximum absolute atomic E-state index is 13.1. The molecule has 0 bridgehead atoms. The first kappa shape index (κ1) is 19.3. The van der Waals surface area contributed by atoms with Crippen molar-refractivity contribution in [1.82, 2.24) is 25.1 Å². The van der Waals surface area contributed by atoms with E-state index in [-0.39, 0.29) is 11.8 Å². The van der Waals surface area contributed by atoms with Gasteiger partial charge in [0.25, 0.3) is 0 Å². The fourth-order valence-electron chi connectivity index (χ4n) is 4.07. The molecule has 1 N–H and O–H groups in total. The first-order valence-electron chi connectivity index (χ1n) is 10.3. The van der Waals surface area contributed by atoms with Crippen LogP contribution in [-0.2, 0) is 24.2 Å². The second-order valence-electron chi connectivity index (χ2n) is 7.73. The van der Waals surface area contributed by atoms with Crippen LogP contribution in [0.4, 0.5) is 0 Å². The van der Waals surface area contributed by atoms with E-state index in [1.54, 1.807) is 23.5 Å². The van der Waals surface area contributed by atoms with Gasteiger partial charge in [-0.15, -0.1) is 0 Å². The number of carbonyl (C=O) groups is 1. The van der Waals surface area contributed by atoms with Crippen molar-refractivity contribution in [3.63, 3.8) is 0 Å². The number of aromatic nitrogens is 4. The van der Waals surface area contributed by atoms with Crippen LogP contribution < -0.4 is 0 Å². The standard InChI is InChI=1S/C23H27N5O/c1-28(16-22-18-7-3-2-4-9-21(18)26-27-22)23(29)15-19(17-10-13-24-14-11-17)20-8-5-6-12-25-20/h5-6,8,10-14,19H,2-4,7,9,15-16H2,1H3,(H,26,27)/t19-/m1/s1. The second-order valence-corrected chi connectivity index (χ2v) is 7.73. The number of amides is 1. The van der Waals surface area contributed by atoms with E-state index < -0.39 is 0 Å². The highest BCUT2D eigenvalue weighted by atomic mass is 16.2. The molecule has 6 nitrogen and oxygen atoms in total. The van der Waals surface area contributed by atoms with E-state index in [2.05, 4.69) is 20.2 Å². The lowest BCUT2D eigenvalue weighted by Crippen LogP contribution is -2.28. The molecule has 150 valence electrons. The van der Waals surface area contributed by atoms with E-state index >= 15 is 0 Å². The Kier molecular flexibility index (Phi) is 5.98. The lowest BCUT2D eigenvalue weighted by atomic mass is 9.92. The highest BCUT2D eigenvalue weighted by molar-refractivity contribution is 5.77. The van der Waals surface area contributed by atoms with Crippen LogP contribution in [0.1, 0.15) is 59.8 Å². The van der Waals surface area contributed by atoms with Gasteiger partial charge in [0.15, 0.2) is 0 Å². The van der Waals surface area contributed by atoms with Gasteiger partial charge >= 0.3 is 0 Å². The van der Waals surface area contributed by atoms with Gasteiger partial charge in [0, 0.05) is 49.4 Å². The normalized spacial score (nSPS) is 14.7. The van der Waals surface area contributed by atoms with Crippen molar-refractivity contribution >= 4 is 5.91 Å². The van der Waals surface area contributed by atoms with Gasteiger partial charge in [-0.05, 0) is 61.1 Å². The van der Waals surface area contributed by atoms with E-state index in [1.165, 1.54) is 30.5 Å². The van der Waals surface area contributed by atoms with Gasteiger partial charge in [-0.3, -0.25) is 19.9 Å². The fourth-order valence-corrected chi connectivity index (χ4v) is 4.07. The maximum Gasteiger partial charge on any atom is 0.223 e. The van der Waals surface area contributed by atoms with Crippen LogP contribution in [0.2, 0.25) is 0 Å². The van der Waals surface area contributed by atoms with E-state index in [4.69, 9.17) is 0 Å². The average molecular weight is 390 g/mol. The number of H-pyrrole nitrogens is 1. The van der Waals surface area contributed by atoms with E-state index in [9.17, 15) is 4.79 Å². The van der Waals surface area contributed by atoms with Crippen LogP contribution >= 0.6 is 0 Å². The Hall–Kier alpha value is -3.02. The summed E-state index contributed by atoms with van der Waals surface area (Å²) in [4.78, 5) is 23.5. The summed E-state index contributed by atoms with van der Waals surface area (Å²) >= 11 is 0. The first-order valence-corrected chi connectivity index (χ1v) is 10.3. The minimum atomic E-state index is -0.0922. The zero-order chi connectivity index (χ0) is 20.1. The average Bonchev–Trinajstić information content (AvgIpc) is 2.98. The van der Waals surface area contributed by atoms with E-state index in [0.29, 0.717) is 13.0 Å². The number of hydrogen-bond acceptors (Lipinski definition) is 4. The van der Waals surface area contributed by atoms with Gasteiger partial charge in [0.1, 0.15) is 0 Å². The van der Waals surface area contributed by atoms with Crippen molar-refractivity contribution < 1.29 is 4.79 Å². The van der Waals surface area contributed by atoms with Crippen molar-refractivity contribution in [3.8, 4) is 0 Å². The molecule has 1 atom stereocenters. The minimum absolute atomic E-state index is 0.0860. The van der Waals surface area contributed by atoms with Gasteiger partial charge in [0.05, 0.1) is 12.2 Å². The number of hydrogen-bond donors (Lipinski definition) is 1. The van der Waals surface area contributed by atoms with Crippen LogP contribution in [-0.4, -0.2) is 38.0 Å². The van der Waals surface area contributed by atoms with Crippen molar-refractivity contribution in [1.29, 1.82) is 0 Å². The Morgan fingerprint density at radius 3 is 2.72 bits per heavy atom. The molecule has 6 heteroatoms. The Morgan fingerprint density at radius 2 is 1.93 bits per heavy atom. The first-order chi connectivity index (χ1) is 14.2. The topological polar surface area (TPSA) is 74.8 Å². The Morgan fingerprint density at radius 1 is 1.10 bits per heavy atom. The molecule has 0 saturated heterocycles. The number of fused-ring (bicyclic) bond motifs is 1. The predicted molar refractivity (Wildman–Crippen MR) is 111 cm³/mol. The molecule has 0 aromatic carbocycles. The quantitative estimate of drug-likeness (QED) is 0.653. The number of aromatic amines is 1. The van der Waals surface area contributed by atoms with E-state index in [1.807, 2.05) is 37.4 Å². The number of pyridine rings is 2.